The Bertz CT molecular complexity index is 674. The number of rotatable bonds is 5. The van der Waals surface area contributed by atoms with E-state index in [0.29, 0.717) is 6.04 Å². The second-order valence-electron chi connectivity index (χ2n) is 6.04. The molecule has 1 heterocycles. The third-order valence-electron chi connectivity index (χ3n) is 4.50. The number of guanidine groups is 1. The fraction of sp³-hybridized carbons (Fsp3) is 0.444. The molecule has 2 aromatic rings. The number of para-hydroxylation sites is 1. The van der Waals surface area contributed by atoms with E-state index in [1.807, 2.05) is 42.0 Å². The van der Waals surface area contributed by atoms with E-state index < -0.39 is 0 Å². The summed E-state index contributed by atoms with van der Waals surface area (Å²) in [7, 11) is 1.83. The fourth-order valence-electron chi connectivity index (χ4n) is 3.17. The third-order valence-corrected chi connectivity index (χ3v) is 5.60. The molecule has 0 saturated heterocycles. The Labute approximate surface area is 171 Å². The van der Waals surface area contributed by atoms with Crippen LogP contribution in [0.4, 0.5) is 0 Å². The quantitative estimate of drug-likeness (QED) is 0.399. The highest BCUT2D eigenvalue weighted by Gasteiger charge is 2.24. The Morgan fingerprint density at radius 2 is 2.20 bits per heavy atom. The van der Waals surface area contributed by atoms with Gasteiger partial charge in [0.1, 0.15) is 0 Å². The zero-order valence-corrected chi connectivity index (χ0v) is 17.8. The second-order valence-corrected chi connectivity index (χ2v) is 7.17. The van der Waals surface area contributed by atoms with E-state index in [0.717, 1.165) is 23.4 Å². The number of aliphatic imine (C=N–C) groups is 1. The highest BCUT2D eigenvalue weighted by Crippen LogP contribution is 2.28. The van der Waals surface area contributed by atoms with E-state index in [4.69, 9.17) is 0 Å². The predicted molar refractivity (Wildman–Crippen MR) is 117 cm³/mol. The average molecular weight is 471 g/mol. The molecule has 3 rings (SSSR count). The maximum absolute atomic E-state index is 4.38. The van der Waals surface area contributed by atoms with Crippen molar-refractivity contribution in [3.05, 3.63) is 48.5 Å². The molecule has 7 heteroatoms. The van der Waals surface area contributed by atoms with E-state index in [1.165, 1.54) is 24.8 Å². The molecule has 2 unspecified atom stereocenters. The van der Waals surface area contributed by atoms with Gasteiger partial charge in [-0.1, -0.05) is 18.2 Å². The topological polar surface area (TPSA) is 54.2 Å². The molecule has 0 amide bonds. The van der Waals surface area contributed by atoms with Gasteiger partial charge in [0, 0.05) is 37.3 Å². The number of imidazole rings is 1. The summed E-state index contributed by atoms with van der Waals surface area (Å²) in [5.74, 6) is 0.877. The number of aromatic nitrogens is 2. The van der Waals surface area contributed by atoms with Crippen LogP contribution >= 0.6 is 35.7 Å². The Morgan fingerprint density at radius 3 is 2.88 bits per heavy atom. The molecule has 5 nitrogen and oxygen atoms in total. The van der Waals surface area contributed by atoms with Gasteiger partial charge < -0.3 is 15.2 Å². The normalized spacial score (nSPS) is 20.2. The van der Waals surface area contributed by atoms with Gasteiger partial charge in [-0.2, -0.15) is 11.8 Å². The highest BCUT2D eigenvalue weighted by molar-refractivity contribution is 14.0. The molecule has 1 aromatic heterocycles. The van der Waals surface area contributed by atoms with Crippen LogP contribution in [-0.2, 0) is 6.54 Å². The fourth-order valence-corrected chi connectivity index (χ4v) is 3.96. The molecule has 1 saturated carbocycles. The van der Waals surface area contributed by atoms with E-state index >= 15 is 0 Å². The number of hydrogen-bond donors (Lipinski definition) is 2. The van der Waals surface area contributed by atoms with Gasteiger partial charge in [0.05, 0.1) is 12.0 Å². The van der Waals surface area contributed by atoms with Gasteiger partial charge in [-0.3, -0.25) is 4.99 Å². The molecule has 1 aliphatic rings. The summed E-state index contributed by atoms with van der Waals surface area (Å²) >= 11 is 1.97. The van der Waals surface area contributed by atoms with Gasteiger partial charge in [0.2, 0.25) is 0 Å². The summed E-state index contributed by atoms with van der Waals surface area (Å²) in [6, 6.07) is 8.88. The molecule has 0 bridgehead atoms. The smallest absolute Gasteiger partial charge is 0.191 e. The molecule has 25 heavy (non-hydrogen) atoms. The van der Waals surface area contributed by atoms with Gasteiger partial charge in [-0.05, 0) is 37.1 Å². The van der Waals surface area contributed by atoms with Crippen molar-refractivity contribution < 1.29 is 0 Å². The van der Waals surface area contributed by atoms with Crippen molar-refractivity contribution in [2.75, 3.05) is 13.3 Å². The predicted octanol–water partition coefficient (Wildman–Crippen LogP) is 3.44. The number of halogens is 1. The van der Waals surface area contributed by atoms with Crippen LogP contribution in [0.1, 0.15) is 24.8 Å². The number of nitrogens with zero attached hydrogens (tertiary/aromatic N) is 3. The summed E-state index contributed by atoms with van der Waals surface area (Å²) in [6.07, 6.45) is 11.5. The minimum atomic E-state index is 0. The number of benzene rings is 1. The maximum atomic E-state index is 4.38. The van der Waals surface area contributed by atoms with E-state index in [-0.39, 0.29) is 24.0 Å². The minimum absolute atomic E-state index is 0. The third kappa shape index (κ3) is 5.37. The highest BCUT2D eigenvalue weighted by atomic mass is 127. The average Bonchev–Trinajstić information content (AvgIpc) is 3.30. The van der Waals surface area contributed by atoms with Gasteiger partial charge in [0.25, 0.3) is 0 Å². The molecular formula is C18H26IN5S. The van der Waals surface area contributed by atoms with Gasteiger partial charge in [0.15, 0.2) is 5.96 Å². The van der Waals surface area contributed by atoms with E-state index in [1.54, 1.807) is 6.20 Å². The van der Waals surface area contributed by atoms with Crippen molar-refractivity contribution in [3.63, 3.8) is 0 Å². The number of hydrogen-bond acceptors (Lipinski definition) is 3. The lowest BCUT2D eigenvalue weighted by atomic mass is 10.1. The van der Waals surface area contributed by atoms with Crippen LogP contribution in [0, 0.1) is 0 Å². The SMILES string of the molecule is CN=C(NCc1ccccc1-n1ccnc1)NC1CCC(SC)C1.I. The van der Waals surface area contributed by atoms with Crippen molar-refractivity contribution >= 4 is 41.7 Å². The van der Waals surface area contributed by atoms with Crippen molar-refractivity contribution in [1.29, 1.82) is 0 Å². The first-order chi connectivity index (χ1) is 11.8. The zero-order chi connectivity index (χ0) is 16.8. The Kier molecular flexibility index (Phi) is 8.08. The molecule has 136 valence electrons. The van der Waals surface area contributed by atoms with Crippen LogP contribution in [0.5, 0.6) is 0 Å². The van der Waals surface area contributed by atoms with Crippen LogP contribution in [0.2, 0.25) is 0 Å². The summed E-state index contributed by atoms with van der Waals surface area (Å²) in [4.78, 5) is 8.52. The van der Waals surface area contributed by atoms with Crippen LogP contribution in [0.15, 0.2) is 48.0 Å². The molecule has 0 aliphatic heterocycles. The standard InChI is InChI=1S/C18H25N5S.HI/c1-19-18(22-15-7-8-16(11-15)24-2)21-12-14-5-3-4-6-17(14)23-10-9-20-13-23;/h3-6,9-10,13,15-16H,7-8,11-12H2,1-2H3,(H2,19,21,22);1H. The monoisotopic (exact) mass is 471 g/mol. The zero-order valence-electron chi connectivity index (χ0n) is 14.7. The lowest BCUT2D eigenvalue weighted by Gasteiger charge is -2.18. The van der Waals surface area contributed by atoms with Crippen LogP contribution in [-0.4, -0.2) is 40.1 Å². The molecule has 1 aliphatic carbocycles. The van der Waals surface area contributed by atoms with Crippen LogP contribution < -0.4 is 10.6 Å². The van der Waals surface area contributed by atoms with E-state index in [9.17, 15) is 0 Å². The number of nitrogens with one attached hydrogen (secondary N) is 2. The van der Waals surface area contributed by atoms with Crippen LogP contribution in [0.25, 0.3) is 5.69 Å². The minimum Gasteiger partial charge on any atom is -0.354 e. The largest absolute Gasteiger partial charge is 0.354 e. The Morgan fingerprint density at radius 1 is 1.36 bits per heavy atom. The second kappa shape index (κ2) is 10.1. The molecule has 0 spiro atoms. The summed E-state index contributed by atoms with van der Waals surface area (Å²) in [5.41, 5.74) is 2.35. The molecule has 1 fully saturated rings. The Hall–Kier alpha value is -1.22. The molecule has 0 radical (unpaired) electrons. The lowest BCUT2D eigenvalue weighted by Crippen LogP contribution is -2.42. The van der Waals surface area contributed by atoms with Crippen molar-refractivity contribution in [3.8, 4) is 5.69 Å². The summed E-state index contributed by atoms with van der Waals surface area (Å²) in [6.45, 7) is 0.729. The Balaban J connectivity index is 0.00000225. The van der Waals surface area contributed by atoms with Crippen molar-refractivity contribution in [2.24, 2.45) is 4.99 Å². The van der Waals surface area contributed by atoms with Crippen LogP contribution in [0.3, 0.4) is 0 Å². The molecule has 2 atom stereocenters. The first kappa shape index (κ1) is 20.1. The van der Waals surface area contributed by atoms with Crippen molar-refractivity contribution in [1.82, 2.24) is 20.2 Å². The van der Waals surface area contributed by atoms with Crippen molar-refractivity contribution in [2.45, 2.75) is 37.1 Å². The summed E-state index contributed by atoms with van der Waals surface area (Å²) in [5, 5.41) is 7.79. The van der Waals surface area contributed by atoms with Gasteiger partial charge in [-0.25, -0.2) is 4.98 Å². The molecule has 2 N–H and O–H groups in total. The molecular weight excluding hydrogens is 445 g/mol. The first-order valence-corrected chi connectivity index (χ1v) is 9.65. The number of thioether (sulfide) groups is 1. The summed E-state index contributed by atoms with van der Waals surface area (Å²) < 4.78 is 2.03. The van der Waals surface area contributed by atoms with Gasteiger partial charge >= 0.3 is 0 Å². The molecule has 1 aromatic carbocycles. The maximum Gasteiger partial charge on any atom is 0.191 e. The van der Waals surface area contributed by atoms with Gasteiger partial charge in [-0.15, -0.1) is 24.0 Å². The van der Waals surface area contributed by atoms with E-state index in [2.05, 4.69) is 45.1 Å². The lowest BCUT2D eigenvalue weighted by molar-refractivity contribution is 0.614. The first-order valence-electron chi connectivity index (χ1n) is 8.36.